The second-order valence-corrected chi connectivity index (χ2v) is 8.61. The first kappa shape index (κ1) is 21.6. The quantitative estimate of drug-likeness (QED) is 0.691. The highest BCUT2D eigenvalue weighted by atomic mass is 32.2. The Hall–Kier alpha value is -2.66. The van der Waals surface area contributed by atoms with E-state index in [9.17, 15) is 17.6 Å². The second-order valence-electron chi connectivity index (χ2n) is 6.31. The van der Waals surface area contributed by atoms with E-state index in [2.05, 4.69) is 10.5 Å². The van der Waals surface area contributed by atoms with E-state index in [0.29, 0.717) is 5.56 Å². The van der Waals surface area contributed by atoms with Gasteiger partial charge in [0, 0.05) is 40.3 Å². The number of ether oxygens (including phenoxy) is 1. The summed E-state index contributed by atoms with van der Waals surface area (Å²) in [6.07, 6.45) is 0. The Kier molecular flexibility index (Phi) is 6.62. The molecule has 2 aromatic rings. The Bertz CT molecular complexity index is 956. The standard InChI is InChI=1S/C17H23FN4O5S/c1-21(2)16-14(17(23)19-8-9-28(24,25)22(3)4)15(27-20-16)11-6-7-12(18)13(10-11)26-5/h6-7,10H,8-9H2,1-5H3,(H,19,23). The minimum atomic E-state index is -3.45. The third-order valence-corrected chi connectivity index (χ3v) is 5.77. The van der Waals surface area contributed by atoms with Gasteiger partial charge in [0.05, 0.1) is 12.9 Å². The molecular weight excluding hydrogens is 391 g/mol. The van der Waals surface area contributed by atoms with Crippen molar-refractivity contribution in [2.24, 2.45) is 0 Å². The molecule has 0 aliphatic heterocycles. The Labute approximate surface area is 163 Å². The van der Waals surface area contributed by atoms with Gasteiger partial charge in [0.15, 0.2) is 23.1 Å². The first-order chi connectivity index (χ1) is 13.1. The zero-order valence-electron chi connectivity index (χ0n) is 16.3. The number of carbonyl (C=O) groups is 1. The minimum Gasteiger partial charge on any atom is -0.494 e. The van der Waals surface area contributed by atoms with Crippen LogP contribution in [-0.2, 0) is 10.0 Å². The normalized spacial score (nSPS) is 11.5. The molecule has 0 fully saturated rings. The van der Waals surface area contributed by atoms with Crippen LogP contribution in [0.25, 0.3) is 11.3 Å². The van der Waals surface area contributed by atoms with Gasteiger partial charge in [0.25, 0.3) is 5.91 Å². The summed E-state index contributed by atoms with van der Waals surface area (Å²) < 4.78 is 48.8. The summed E-state index contributed by atoms with van der Waals surface area (Å²) in [6, 6.07) is 4.02. The molecular formula is C17H23FN4O5S. The van der Waals surface area contributed by atoms with Crippen molar-refractivity contribution in [3.63, 3.8) is 0 Å². The van der Waals surface area contributed by atoms with Crippen LogP contribution in [0.3, 0.4) is 0 Å². The van der Waals surface area contributed by atoms with Gasteiger partial charge in [-0.1, -0.05) is 5.16 Å². The molecule has 28 heavy (non-hydrogen) atoms. The summed E-state index contributed by atoms with van der Waals surface area (Å²) in [5.74, 6) is -1.01. The van der Waals surface area contributed by atoms with Gasteiger partial charge < -0.3 is 19.5 Å². The van der Waals surface area contributed by atoms with Gasteiger partial charge in [0.2, 0.25) is 10.0 Å². The molecule has 2 rings (SSSR count). The molecule has 0 atom stereocenters. The Morgan fingerprint density at radius 1 is 1.29 bits per heavy atom. The maximum Gasteiger partial charge on any atom is 0.259 e. The number of benzene rings is 1. The number of hydrogen-bond donors (Lipinski definition) is 1. The van der Waals surface area contributed by atoms with Crippen molar-refractivity contribution in [3.05, 3.63) is 29.6 Å². The van der Waals surface area contributed by atoms with Crippen molar-refractivity contribution in [1.82, 2.24) is 14.8 Å². The number of aromatic nitrogens is 1. The molecule has 0 saturated carbocycles. The molecule has 1 N–H and O–H groups in total. The average molecular weight is 414 g/mol. The molecule has 9 nitrogen and oxygen atoms in total. The molecule has 154 valence electrons. The van der Waals surface area contributed by atoms with Gasteiger partial charge >= 0.3 is 0 Å². The Balaban J connectivity index is 2.35. The van der Waals surface area contributed by atoms with Crippen LogP contribution in [0.1, 0.15) is 10.4 Å². The fourth-order valence-electron chi connectivity index (χ4n) is 2.35. The van der Waals surface area contributed by atoms with Crippen molar-refractivity contribution in [1.29, 1.82) is 0 Å². The van der Waals surface area contributed by atoms with Crippen LogP contribution in [0.15, 0.2) is 22.7 Å². The molecule has 11 heteroatoms. The molecule has 0 unspecified atom stereocenters. The summed E-state index contributed by atoms with van der Waals surface area (Å²) in [5, 5.41) is 6.47. The Morgan fingerprint density at radius 3 is 2.54 bits per heavy atom. The smallest absolute Gasteiger partial charge is 0.259 e. The van der Waals surface area contributed by atoms with Crippen molar-refractivity contribution < 1.29 is 26.9 Å². The first-order valence-electron chi connectivity index (χ1n) is 8.27. The molecule has 0 bridgehead atoms. The summed E-state index contributed by atoms with van der Waals surface area (Å²) in [5.41, 5.74) is 0.505. The maximum atomic E-state index is 13.7. The lowest BCUT2D eigenvalue weighted by Gasteiger charge is -2.13. The molecule has 0 radical (unpaired) electrons. The predicted octanol–water partition coefficient (Wildman–Crippen LogP) is 1.18. The highest BCUT2D eigenvalue weighted by molar-refractivity contribution is 7.89. The number of hydrogen-bond acceptors (Lipinski definition) is 7. The average Bonchev–Trinajstić information content (AvgIpc) is 3.07. The second kappa shape index (κ2) is 8.57. The lowest BCUT2D eigenvalue weighted by atomic mass is 10.1. The van der Waals surface area contributed by atoms with E-state index in [1.54, 1.807) is 19.0 Å². The fourth-order valence-corrected chi connectivity index (χ4v) is 3.08. The molecule has 1 heterocycles. The number of sulfonamides is 1. The SMILES string of the molecule is COc1cc(-c2onc(N(C)C)c2C(=O)NCCS(=O)(=O)N(C)C)ccc1F. The van der Waals surface area contributed by atoms with E-state index in [1.165, 1.54) is 39.4 Å². The first-order valence-corrected chi connectivity index (χ1v) is 9.88. The van der Waals surface area contributed by atoms with Gasteiger partial charge in [-0.05, 0) is 18.2 Å². The van der Waals surface area contributed by atoms with Crippen molar-refractivity contribution >= 4 is 21.7 Å². The lowest BCUT2D eigenvalue weighted by molar-refractivity contribution is 0.0956. The largest absolute Gasteiger partial charge is 0.494 e. The van der Waals surface area contributed by atoms with E-state index in [4.69, 9.17) is 9.26 Å². The summed E-state index contributed by atoms with van der Waals surface area (Å²) >= 11 is 0. The summed E-state index contributed by atoms with van der Waals surface area (Å²) in [4.78, 5) is 14.3. The minimum absolute atomic E-state index is 0.0104. The number of nitrogens with zero attached hydrogens (tertiary/aromatic N) is 3. The van der Waals surface area contributed by atoms with Gasteiger partial charge in [0.1, 0.15) is 5.56 Å². The van der Waals surface area contributed by atoms with E-state index in [0.717, 1.165) is 4.31 Å². The van der Waals surface area contributed by atoms with Crippen LogP contribution in [0.4, 0.5) is 10.2 Å². The van der Waals surface area contributed by atoms with Crippen LogP contribution in [0.5, 0.6) is 5.75 Å². The monoisotopic (exact) mass is 414 g/mol. The van der Waals surface area contributed by atoms with Gasteiger partial charge in [-0.3, -0.25) is 4.79 Å². The molecule has 1 aromatic carbocycles. The zero-order valence-corrected chi connectivity index (χ0v) is 17.1. The maximum absolute atomic E-state index is 13.7. The van der Waals surface area contributed by atoms with Crippen LogP contribution in [0.2, 0.25) is 0 Å². The van der Waals surface area contributed by atoms with E-state index >= 15 is 0 Å². The molecule has 0 spiro atoms. The number of methoxy groups -OCH3 is 1. The van der Waals surface area contributed by atoms with Crippen LogP contribution < -0.4 is 15.0 Å². The number of carbonyl (C=O) groups excluding carboxylic acids is 1. The molecule has 1 aromatic heterocycles. The number of amides is 1. The van der Waals surface area contributed by atoms with Crippen LogP contribution in [0, 0.1) is 5.82 Å². The van der Waals surface area contributed by atoms with Gasteiger partial charge in [-0.2, -0.15) is 0 Å². The topological polar surface area (TPSA) is 105 Å². The molecule has 0 aliphatic carbocycles. The van der Waals surface area contributed by atoms with Gasteiger partial charge in [-0.15, -0.1) is 0 Å². The number of anilines is 1. The van der Waals surface area contributed by atoms with Crippen molar-refractivity contribution in [3.8, 4) is 17.1 Å². The number of rotatable bonds is 8. The molecule has 1 amide bonds. The number of halogens is 1. The highest BCUT2D eigenvalue weighted by Gasteiger charge is 2.26. The zero-order chi connectivity index (χ0) is 21.1. The lowest BCUT2D eigenvalue weighted by Crippen LogP contribution is -2.34. The van der Waals surface area contributed by atoms with E-state index in [-0.39, 0.29) is 35.2 Å². The van der Waals surface area contributed by atoms with Crippen LogP contribution >= 0.6 is 0 Å². The molecule has 0 aliphatic rings. The summed E-state index contributed by atoms with van der Waals surface area (Å²) in [6.45, 7) is -0.0937. The number of nitrogens with one attached hydrogen (secondary N) is 1. The summed E-state index contributed by atoms with van der Waals surface area (Å²) in [7, 11) is 4.07. The van der Waals surface area contributed by atoms with Gasteiger partial charge in [-0.25, -0.2) is 17.1 Å². The van der Waals surface area contributed by atoms with Crippen LogP contribution in [-0.4, -0.2) is 71.4 Å². The predicted molar refractivity (Wildman–Crippen MR) is 103 cm³/mol. The van der Waals surface area contributed by atoms with Crippen molar-refractivity contribution in [2.75, 3.05) is 52.5 Å². The van der Waals surface area contributed by atoms with Crippen molar-refractivity contribution in [2.45, 2.75) is 0 Å². The Morgan fingerprint density at radius 2 is 1.96 bits per heavy atom. The molecule has 0 saturated heterocycles. The van der Waals surface area contributed by atoms with E-state index in [1.807, 2.05) is 0 Å². The third kappa shape index (κ3) is 4.60. The highest BCUT2D eigenvalue weighted by Crippen LogP contribution is 2.33. The van der Waals surface area contributed by atoms with E-state index < -0.39 is 21.7 Å². The third-order valence-electron chi connectivity index (χ3n) is 3.94. The fraction of sp³-hybridized carbons (Fsp3) is 0.412.